The molecule has 3 aliphatic rings. The molecule has 7 rings (SSSR count). The number of cyclic esters (lactones) is 1. The Balaban J connectivity index is 1.39. The van der Waals surface area contributed by atoms with E-state index in [9.17, 15) is 9.59 Å². The van der Waals surface area contributed by atoms with Gasteiger partial charge in [0.05, 0.1) is 50.6 Å². The lowest BCUT2D eigenvalue weighted by atomic mass is 9.65. The van der Waals surface area contributed by atoms with Gasteiger partial charge in [-0.1, -0.05) is 29.3 Å². The van der Waals surface area contributed by atoms with Crippen molar-refractivity contribution in [2.75, 3.05) is 40.0 Å². The topological polar surface area (TPSA) is 102 Å². The fraction of sp³-hybridized carbons (Fsp3) is 0.257. The fourth-order valence-electron chi connectivity index (χ4n) is 6.80. The molecule has 46 heavy (non-hydrogen) atoms. The highest BCUT2D eigenvalue weighted by Crippen LogP contribution is 2.56. The maximum absolute atomic E-state index is 13.8. The minimum absolute atomic E-state index is 0.0737. The predicted molar refractivity (Wildman–Crippen MR) is 171 cm³/mol. The van der Waals surface area contributed by atoms with Gasteiger partial charge < -0.3 is 33.7 Å². The van der Waals surface area contributed by atoms with Crippen molar-refractivity contribution in [3.8, 4) is 28.7 Å². The first-order chi connectivity index (χ1) is 22.3. The number of carbonyl (C=O) groups excluding carboxylic acids is 2. The van der Waals surface area contributed by atoms with Crippen LogP contribution in [0.15, 0.2) is 66.7 Å². The molecule has 2 heterocycles. The van der Waals surface area contributed by atoms with Crippen LogP contribution in [0.25, 0.3) is 0 Å². The van der Waals surface area contributed by atoms with E-state index in [1.807, 2.05) is 24.3 Å². The Bertz CT molecular complexity index is 1840. The average Bonchev–Trinajstić information content (AvgIpc) is 3.70. The molecule has 236 valence electrons. The zero-order valence-corrected chi connectivity index (χ0v) is 26.6. The smallest absolute Gasteiger partial charge is 0.310 e. The van der Waals surface area contributed by atoms with Crippen LogP contribution in [0, 0.1) is 11.8 Å². The number of hydrogen-bond acceptors (Lipinski definition) is 9. The highest BCUT2D eigenvalue weighted by atomic mass is 35.5. The van der Waals surface area contributed by atoms with Crippen LogP contribution in [-0.4, -0.2) is 46.5 Å². The Morgan fingerprint density at radius 1 is 0.848 bits per heavy atom. The van der Waals surface area contributed by atoms with Crippen LogP contribution >= 0.6 is 23.2 Å². The first-order valence-corrected chi connectivity index (χ1v) is 15.3. The molecule has 4 aromatic rings. The second-order valence-corrected chi connectivity index (χ2v) is 12.1. The van der Waals surface area contributed by atoms with Gasteiger partial charge in [0.1, 0.15) is 0 Å². The van der Waals surface area contributed by atoms with Crippen LogP contribution in [0.2, 0.25) is 10.0 Å². The molecule has 11 heteroatoms. The SMILES string of the molecule is COc1cc([C@@H]2c3cc4c(cc3[C@@H](Nc3c(Cl)cccc3C(=O)c3ccc(Cl)cc3)[C@H]3COC(=O)[C@H]23)OCO4)cc(OC)c1OC. The molecule has 0 spiro atoms. The number of fused-ring (bicyclic) bond motifs is 3. The summed E-state index contributed by atoms with van der Waals surface area (Å²) < 4.78 is 34.3. The lowest BCUT2D eigenvalue weighted by Gasteiger charge is -2.40. The number of hydrogen-bond donors (Lipinski definition) is 1. The highest BCUT2D eigenvalue weighted by Gasteiger charge is 2.53. The van der Waals surface area contributed by atoms with Gasteiger partial charge in [-0.2, -0.15) is 0 Å². The second-order valence-electron chi connectivity index (χ2n) is 11.2. The van der Waals surface area contributed by atoms with E-state index >= 15 is 0 Å². The fourth-order valence-corrected chi connectivity index (χ4v) is 7.16. The van der Waals surface area contributed by atoms with E-state index in [1.54, 1.807) is 56.7 Å². The number of methoxy groups -OCH3 is 3. The normalized spacial score (nSPS) is 20.8. The standard InChI is InChI=1S/C35H29Cl2NO8/c1-41-27-11-18(12-28(42-2)34(27)43-3)29-21-13-25-26(46-16-45-25)14-22(21)31(23-15-44-35(40)30(23)29)38-32-20(5-4-6-24(32)37)33(39)17-7-9-19(36)10-8-17/h4-14,23,29-31,38H,15-16H2,1-3H3/t23-,29+,30-,31+/m0/s1. The van der Waals surface area contributed by atoms with Crippen molar-refractivity contribution in [3.05, 3.63) is 105 Å². The number of anilines is 1. The Morgan fingerprint density at radius 2 is 1.52 bits per heavy atom. The lowest BCUT2D eigenvalue weighted by molar-refractivity contribution is -0.141. The Labute approximate surface area is 275 Å². The summed E-state index contributed by atoms with van der Waals surface area (Å²) in [7, 11) is 4.64. The molecule has 0 radical (unpaired) electrons. The molecule has 0 aromatic heterocycles. The molecule has 4 atom stereocenters. The van der Waals surface area contributed by atoms with Crippen LogP contribution in [0.5, 0.6) is 28.7 Å². The monoisotopic (exact) mass is 661 g/mol. The highest BCUT2D eigenvalue weighted by molar-refractivity contribution is 6.34. The van der Waals surface area contributed by atoms with Crippen molar-refractivity contribution in [1.82, 2.24) is 0 Å². The van der Waals surface area contributed by atoms with Gasteiger partial charge in [0.2, 0.25) is 12.5 Å². The third-order valence-electron chi connectivity index (χ3n) is 8.90. The van der Waals surface area contributed by atoms with Gasteiger partial charge >= 0.3 is 5.97 Å². The largest absolute Gasteiger partial charge is 0.493 e. The quantitative estimate of drug-likeness (QED) is 0.157. The molecule has 4 aromatic carbocycles. The molecule has 1 aliphatic carbocycles. The first kappa shape index (κ1) is 30.1. The van der Waals surface area contributed by atoms with Crippen LogP contribution < -0.4 is 29.0 Å². The first-order valence-electron chi connectivity index (χ1n) is 14.6. The van der Waals surface area contributed by atoms with E-state index < -0.39 is 17.9 Å². The summed E-state index contributed by atoms with van der Waals surface area (Å²) in [5.74, 6) is 0.530. The molecular weight excluding hydrogens is 633 g/mol. The number of benzene rings is 4. The Morgan fingerprint density at radius 3 is 2.17 bits per heavy atom. The van der Waals surface area contributed by atoms with E-state index in [0.29, 0.717) is 55.6 Å². The van der Waals surface area contributed by atoms with Crippen molar-refractivity contribution in [3.63, 3.8) is 0 Å². The predicted octanol–water partition coefficient (Wildman–Crippen LogP) is 7.07. The number of halogens is 2. The number of rotatable bonds is 8. The number of ether oxygens (including phenoxy) is 6. The van der Waals surface area contributed by atoms with E-state index in [-0.39, 0.29) is 31.1 Å². The summed E-state index contributed by atoms with van der Waals surface area (Å²) in [4.78, 5) is 27.4. The number of esters is 1. The number of carbonyl (C=O) groups is 2. The zero-order chi connectivity index (χ0) is 32.1. The summed E-state index contributed by atoms with van der Waals surface area (Å²) in [6, 6.07) is 18.9. The summed E-state index contributed by atoms with van der Waals surface area (Å²) >= 11 is 12.9. The van der Waals surface area contributed by atoms with Gasteiger partial charge in [-0.3, -0.25) is 9.59 Å². The number of para-hydroxylation sites is 1. The van der Waals surface area contributed by atoms with Gasteiger partial charge in [0.25, 0.3) is 0 Å². The molecular formula is C35H29Cl2NO8. The molecule has 2 aliphatic heterocycles. The molecule has 1 fully saturated rings. The van der Waals surface area contributed by atoms with Gasteiger partial charge in [0.15, 0.2) is 28.8 Å². The molecule has 0 bridgehead atoms. The van der Waals surface area contributed by atoms with Crippen LogP contribution in [0.3, 0.4) is 0 Å². The van der Waals surface area contributed by atoms with Crippen molar-refractivity contribution in [1.29, 1.82) is 0 Å². The van der Waals surface area contributed by atoms with Crippen LogP contribution in [-0.2, 0) is 9.53 Å². The van der Waals surface area contributed by atoms with Crippen LogP contribution in [0.4, 0.5) is 5.69 Å². The van der Waals surface area contributed by atoms with Crippen molar-refractivity contribution in [2.45, 2.75) is 12.0 Å². The summed E-state index contributed by atoms with van der Waals surface area (Å²) in [6.45, 7) is 0.227. The van der Waals surface area contributed by atoms with Gasteiger partial charge in [0, 0.05) is 28.0 Å². The average molecular weight is 663 g/mol. The minimum atomic E-state index is -0.605. The summed E-state index contributed by atoms with van der Waals surface area (Å²) in [6.07, 6.45) is 0. The van der Waals surface area contributed by atoms with E-state index in [1.165, 1.54) is 7.11 Å². The second kappa shape index (κ2) is 12.0. The van der Waals surface area contributed by atoms with Gasteiger partial charge in [-0.05, 0) is 77.4 Å². The van der Waals surface area contributed by atoms with Crippen molar-refractivity contribution >= 4 is 40.6 Å². The molecule has 0 saturated carbocycles. The third-order valence-corrected chi connectivity index (χ3v) is 9.46. The number of ketones is 1. The summed E-state index contributed by atoms with van der Waals surface area (Å²) in [5.41, 5.74) is 3.74. The lowest BCUT2D eigenvalue weighted by Crippen LogP contribution is -2.38. The molecule has 9 nitrogen and oxygen atoms in total. The van der Waals surface area contributed by atoms with E-state index in [2.05, 4.69) is 5.32 Å². The maximum Gasteiger partial charge on any atom is 0.310 e. The van der Waals surface area contributed by atoms with Crippen molar-refractivity contribution < 1.29 is 38.0 Å². The Kier molecular flexibility index (Phi) is 7.82. The molecule has 0 amide bonds. The maximum atomic E-state index is 13.8. The minimum Gasteiger partial charge on any atom is -0.493 e. The van der Waals surface area contributed by atoms with Gasteiger partial charge in [-0.25, -0.2) is 0 Å². The molecule has 1 N–H and O–H groups in total. The zero-order valence-electron chi connectivity index (χ0n) is 25.1. The molecule has 0 unspecified atom stereocenters. The summed E-state index contributed by atoms with van der Waals surface area (Å²) in [5, 5.41) is 4.46. The van der Waals surface area contributed by atoms with Gasteiger partial charge in [-0.15, -0.1) is 0 Å². The Hall–Kier alpha value is -4.60. The van der Waals surface area contributed by atoms with E-state index in [4.69, 9.17) is 51.6 Å². The van der Waals surface area contributed by atoms with Crippen LogP contribution in [0.1, 0.15) is 44.6 Å². The third kappa shape index (κ3) is 4.94. The van der Waals surface area contributed by atoms with E-state index in [0.717, 1.165) is 16.7 Å². The molecule has 1 saturated heterocycles. The van der Waals surface area contributed by atoms with Crippen molar-refractivity contribution in [2.24, 2.45) is 11.8 Å². The number of nitrogens with one attached hydrogen (secondary N) is 1.